The fourth-order valence-corrected chi connectivity index (χ4v) is 23.7. The monoisotopic (exact) mass is 1820 g/mol. The summed E-state index contributed by atoms with van der Waals surface area (Å²) < 4.78 is 0. The zero-order valence-electron chi connectivity index (χ0n) is 78.3. The second-order valence-electron chi connectivity index (χ2n) is 37.8. The molecular weight excluding hydrogens is 1740 g/mol. The average molecular weight is 1820 g/mol. The van der Waals surface area contributed by atoms with E-state index in [2.05, 4.69) is 505 Å². The first-order chi connectivity index (χ1) is 70.7. The topological polar surface area (TPSA) is 116 Å². The number of benzene rings is 22. The first kappa shape index (κ1) is 83.8. The van der Waals surface area contributed by atoms with Gasteiger partial charge in [-0.1, -0.05) is 505 Å². The summed E-state index contributed by atoms with van der Waals surface area (Å²) in [5.41, 5.74) is 30.4. The van der Waals surface area contributed by atoms with Gasteiger partial charge in [-0.25, -0.2) is 44.9 Å². The van der Waals surface area contributed by atoms with Crippen LogP contribution in [0.2, 0.25) is 0 Å². The molecule has 0 bridgehead atoms. The molecular formula is C134H87N9. The van der Waals surface area contributed by atoms with Crippen molar-refractivity contribution in [3.05, 3.63) is 547 Å². The van der Waals surface area contributed by atoms with Gasteiger partial charge in [-0.05, 0) is 165 Å². The van der Waals surface area contributed by atoms with Gasteiger partial charge in [0, 0.05) is 55.5 Å². The highest BCUT2D eigenvalue weighted by atomic mass is 15.1. The number of fused-ring (bicyclic) bond motifs is 22. The minimum atomic E-state index is -0.519. The highest BCUT2D eigenvalue weighted by Gasteiger charge is 2.53. The van der Waals surface area contributed by atoms with Gasteiger partial charge in [-0.15, -0.1) is 0 Å². The fourth-order valence-electron chi connectivity index (χ4n) is 23.7. The molecule has 0 radical (unpaired) electrons. The fraction of sp³-hybridized carbons (Fsp3) is 0.0373. The van der Waals surface area contributed by atoms with Crippen molar-refractivity contribution in [2.45, 2.75) is 30.1 Å². The van der Waals surface area contributed by atoms with Crippen LogP contribution in [0.5, 0.6) is 0 Å². The molecule has 668 valence electrons. The molecule has 0 N–H and O–H groups in total. The van der Waals surface area contributed by atoms with Gasteiger partial charge in [0.15, 0.2) is 52.4 Å². The van der Waals surface area contributed by atoms with Crippen molar-refractivity contribution in [1.82, 2.24) is 44.9 Å². The van der Waals surface area contributed by atoms with E-state index in [-0.39, 0.29) is 5.41 Å². The molecule has 22 aromatic carbocycles. The lowest BCUT2D eigenvalue weighted by Crippen LogP contribution is -2.28. The molecule has 4 aliphatic carbocycles. The minimum absolute atomic E-state index is 0.105. The molecule has 0 saturated carbocycles. The second-order valence-corrected chi connectivity index (χ2v) is 37.8. The van der Waals surface area contributed by atoms with Crippen molar-refractivity contribution in [1.29, 1.82) is 0 Å². The molecule has 143 heavy (non-hydrogen) atoms. The van der Waals surface area contributed by atoms with E-state index in [0.717, 1.165) is 120 Å². The van der Waals surface area contributed by atoms with Crippen LogP contribution in [0.1, 0.15) is 69.5 Å². The number of hydrogen-bond donors (Lipinski definition) is 0. The minimum Gasteiger partial charge on any atom is -0.208 e. The third-order valence-corrected chi connectivity index (χ3v) is 29.9. The molecule has 0 amide bonds. The Morgan fingerprint density at radius 1 is 0.126 bits per heavy atom. The first-order valence-corrected chi connectivity index (χ1v) is 48.9. The van der Waals surface area contributed by atoms with E-state index in [4.69, 9.17) is 44.9 Å². The maximum atomic E-state index is 5.36. The van der Waals surface area contributed by atoms with Crippen molar-refractivity contribution in [2.24, 2.45) is 0 Å². The van der Waals surface area contributed by atoms with Crippen LogP contribution >= 0.6 is 0 Å². The molecule has 4 aliphatic rings. The number of nitrogens with zero attached hydrogens (tertiary/aromatic N) is 9. The predicted molar refractivity (Wildman–Crippen MR) is 585 cm³/mol. The Morgan fingerprint density at radius 2 is 0.301 bits per heavy atom. The van der Waals surface area contributed by atoms with Crippen LogP contribution in [-0.2, 0) is 16.2 Å². The van der Waals surface area contributed by atoms with Gasteiger partial charge < -0.3 is 0 Å². The zero-order valence-corrected chi connectivity index (χ0v) is 78.3. The second kappa shape index (κ2) is 34.0. The van der Waals surface area contributed by atoms with E-state index >= 15 is 0 Å². The quantitative estimate of drug-likeness (QED) is 0.125. The van der Waals surface area contributed by atoms with Gasteiger partial charge in [0.2, 0.25) is 0 Å². The van der Waals surface area contributed by atoms with E-state index in [1.165, 1.54) is 94.6 Å². The summed E-state index contributed by atoms with van der Waals surface area (Å²) in [5.74, 6) is 6.00. The first-order valence-electron chi connectivity index (χ1n) is 48.9. The Balaban J connectivity index is 0.000000108. The summed E-state index contributed by atoms with van der Waals surface area (Å²) in [6, 6.07) is 175. The molecule has 0 atom stereocenters. The lowest BCUT2D eigenvalue weighted by molar-refractivity contribution is 0.660. The Hall–Kier alpha value is -18.6. The molecule has 3 aromatic heterocycles. The molecule has 29 rings (SSSR count). The molecule has 0 saturated heterocycles. The average Bonchev–Trinajstić information content (AvgIpc) is 1.54. The highest BCUT2D eigenvalue weighted by molar-refractivity contribution is 6.06. The molecule has 0 fully saturated rings. The maximum absolute atomic E-state index is 5.36. The van der Waals surface area contributed by atoms with Crippen molar-refractivity contribution < 1.29 is 0 Å². The normalized spacial score (nSPS) is 13.1. The van der Waals surface area contributed by atoms with Crippen LogP contribution in [-0.4, -0.2) is 44.9 Å². The maximum Gasteiger partial charge on any atom is 0.164 e. The van der Waals surface area contributed by atoms with Gasteiger partial charge in [-0.3, -0.25) is 0 Å². The van der Waals surface area contributed by atoms with E-state index in [1.807, 2.05) is 0 Å². The molecule has 25 aromatic rings. The molecule has 0 unspecified atom stereocenters. The molecule has 0 aliphatic heterocycles. The van der Waals surface area contributed by atoms with Crippen LogP contribution in [0, 0.1) is 0 Å². The molecule has 9 heteroatoms. The summed E-state index contributed by atoms with van der Waals surface area (Å²) in [6.45, 7) is 4.61. The van der Waals surface area contributed by atoms with E-state index in [0.29, 0.717) is 52.4 Å². The molecule has 3 heterocycles. The van der Waals surface area contributed by atoms with Crippen LogP contribution in [0.4, 0.5) is 0 Å². The molecule has 9 nitrogen and oxygen atoms in total. The largest absolute Gasteiger partial charge is 0.208 e. The summed E-state index contributed by atoms with van der Waals surface area (Å²) in [6.07, 6.45) is 0. The van der Waals surface area contributed by atoms with Crippen LogP contribution < -0.4 is 0 Å². The number of aromatic nitrogens is 9. The lowest BCUT2D eigenvalue weighted by Gasteiger charge is -2.33. The number of hydrogen-bond acceptors (Lipinski definition) is 9. The van der Waals surface area contributed by atoms with Crippen molar-refractivity contribution in [3.8, 4) is 147 Å². The summed E-state index contributed by atoms with van der Waals surface area (Å²) in [5, 5.41) is 13.6. The Kier molecular flexibility index (Phi) is 19.9. The molecule has 1 spiro atoms. The summed E-state index contributed by atoms with van der Waals surface area (Å²) in [4.78, 5) is 47.5. The van der Waals surface area contributed by atoms with Gasteiger partial charge in [0.25, 0.3) is 0 Å². The third-order valence-electron chi connectivity index (χ3n) is 29.9. The predicted octanol–water partition coefficient (Wildman–Crippen LogP) is 32.5. The van der Waals surface area contributed by atoms with Crippen LogP contribution in [0.15, 0.2) is 491 Å². The van der Waals surface area contributed by atoms with E-state index in [1.54, 1.807) is 0 Å². The zero-order chi connectivity index (χ0) is 94.9. The van der Waals surface area contributed by atoms with Crippen molar-refractivity contribution in [3.63, 3.8) is 0 Å². The Morgan fingerprint density at radius 3 is 0.601 bits per heavy atom. The lowest BCUT2D eigenvalue weighted by atomic mass is 9.67. The summed E-state index contributed by atoms with van der Waals surface area (Å²) in [7, 11) is 0. The number of rotatable bonds is 11. The smallest absolute Gasteiger partial charge is 0.164 e. The van der Waals surface area contributed by atoms with Gasteiger partial charge >= 0.3 is 0 Å². The summed E-state index contributed by atoms with van der Waals surface area (Å²) >= 11 is 0. The van der Waals surface area contributed by atoms with E-state index < -0.39 is 10.8 Å². The standard InChI is InChI=1S/C48H29N3.C48H31N3.C38H27N3/c1-3-18-32-30(14-1)16-11-23-36(32)45-49-46(37-24-12-17-31-15-2-4-19-33(31)37)51-47(50-45)39-25-13-29-43-44(39)38-22-7-10-28-42(38)48(43)40-26-8-5-20-34(40)35-21-6-9-27-41(35)48;1-3-20-34(21-4-1)48(35-22-5-2-6-23-35)42-30-12-11-26-40(42)44-41(29-15-31-43(44)48)47-50-45(38-27-13-18-32-16-7-9-24-36(32)38)49-46(51-47)39-28-14-19-33-17-8-10-25-37(33)39;1-38(2)32-22-8-7-18-30(32)34-31(21-11-23-33(34)38)37-40-35(28-19-9-14-24-12-3-5-16-26(24)28)39-36(41-37)29-20-10-15-25-13-4-6-17-27(25)29/h1-29H;1-31H;3-23H,1-2H3. The Bertz CT molecular complexity index is 8790. The third kappa shape index (κ3) is 13.4. The van der Waals surface area contributed by atoms with Gasteiger partial charge in [-0.2, -0.15) is 0 Å². The highest BCUT2D eigenvalue weighted by Crippen LogP contribution is 2.65. The van der Waals surface area contributed by atoms with Crippen molar-refractivity contribution in [2.75, 3.05) is 0 Å². The van der Waals surface area contributed by atoms with Gasteiger partial charge in [0.05, 0.1) is 10.8 Å². The van der Waals surface area contributed by atoms with Crippen LogP contribution in [0.3, 0.4) is 0 Å². The SMILES string of the molecule is CC1(C)c2ccccc2-c2c(-c3nc(-c4cccc5ccccc45)nc(-c4cccc5ccccc45)n3)cccc21.c1ccc(C2(c3ccccc3)c3ccccc3-c3c(-c4nc(-c5cccc6ccccc56)nc(-c5cccc6ccccc56)n4)cccc32)cc1.c1ccc2c(c1)-c1ccccc1C21c2ccccc2-c2c(-c3nc(-c4cccc5ccccc45)nc(-c4cccc5ccccc45)n3)cccc21. The van der Waals surface area contributed by atoms with Crippen molar-refractivity contribution >= 4 is 64.6 Å². The Labute approximate surface area is 827 Å². The van der Waals surface area contributed by atoms with Gasteiger partial charge in [0.1, 0.15) is 0 Å². The van der Waals surface area contributed by atoms with Crippen LogP contribution in [0.25, 0.3) is 212 Å². The van der Waals surface area contributed by atoms with E-state index in [9.17, 15) is 0 Å².